The number of nitrogens with zero attached hydrogens (tertiary/aromatic N) is 2. The predicted molar refractivity (Wildman–Crippen MR) is 86.6 cm³/mol. The number of carbonyl (C=O) groups is 1. The fraction of sp³-hybridized carbons (Fsp3) is 0.444. The Kier molecular flexibility index (Phi) is 5.25. The number of carbonyl (C=O) groups excluding carboxylic acids is 1. The van der Waals surface area contributed by atoms with Crippen LogP contribution in [0.25, 0.3) is 11.3 Å². The molecule has 24 heavy (non-hydrogen) atoms. The molecule has 1 aromatic heterocycles. The monoisotopic (exact) mass is 332 g/mol. The van der Waals surface area contributed by atoms with E-state index < -0.39 is 0 Å². The number of ether oxygens (including phenoxy) is 1. The van der Waals surface area contributed by atoms with E-state index in [1.54, 1.807) is 18.2 Å². The summed E-state index contributed by atoms with van der Waals surface area (Å²) in [5, 5.41) is 3.92. The van der Waals surface area contributed by atoms with Crippen molar-refractivity contribution in [3.63, 3.8) is 0 Å². The maximum atomic E-state index is 12.9. The molecule has 0 spiro atoms. The minimum Gasteiger partial charge on any atom is -0.365 e. The summed E-state index contributed by atoms with van der Waals surface area (Å²) in [4.78, 5) is 14.1. The fourth-order valence-corrected chi connectivity index (χ4v) is 2.92. The van der Waals surface area contributed by atoms with Gasteiger partial charge in [0.2, 0.25) is 5.91 Å². The number of rotatable bonds is 5. The minimum absolute atomic E-state index is 0.0180. The Bertz CT molecular complexity index is 684. The molecule has 3 rings (SSSR count). The standard InChI is InChI=1S/C18H21FN2O3/c1-13-4-2-3-9-21(13)18(22)12-23-11-16-10-17(24-20-16)14-5-7-15(19)8-6-14/h5-8,10,13H,2-4,9,11-12H2,1H3. The lowest BCUT2D eigenvalue weighted by atomic mass is 10.0. The molecule has 2 aromatic rings. The van der Waals surface area contributed by atoms with Gasteiger partial charge in [-0.1, -0.05) is 5.16 Å². The number of halogens is 1. The van der Waals surface area contributed by atoms with Crippen molar-refractivity contribution in [2.24, 2.45) is 0 Å². The molecule has 0 saturated carbocycles. The molecule has 0 bridgehead atoms. The Morgan fingerprint density at radius 2 is 2.17 bits per heavy atom. The van der Waals surface area contributed by atoms with Crippen molar-refractivity contribution in [3.05, 3.63) is 41.8 Å². The summed E-state index contributed by atoms with van der Waals surface area (Å²) >= 11 is 0. The van der Waals surface area contributed by atoms with E-state index >= 15 is 0 Å². The minimum atomic E-state index is -0.299. The third-order valence-corrected chi connectivity index (χ3v) is 4.29. The molecule has 6 heteroatoms. The van der Waals surface area contributed by atoms with Gasteiger partial charge >= 0.3 is 0 Å². The zero-order valence-corrected chi connectivity index (χ0v) is 13.7. The van der Waals surface area contributed by atoms with Crippen LogP contribution in [0.4, 0.5) is 4.39 Å². The zero-order valence-electron chi connectivity index (χ0n) is 13.7. The Morgan fingerprint density at radius 3 is 2.92 bits per heavy atom. The van der Waals surface area contributed by atoms with E-state index in [0.29, 0.717) is 11.5 Å². The van der Waals surface area contributed by atoms with Crippen molar-refractivity contribution in [1.82, 2.24) is 10.1 Å². The summed E-state index contributed by atoms with van der Waals surface area (Å²) in [5.74, 6) is 0.265. The van der Waals surface area contributed by atoms with Crippen molar-refractivity contribution < 1.29 is 18.4 Å². The summed E-state index contributed by atoms with van der Waals surface area (Å²) in [6, 6.07) is 8.01. The molecule has 1 fully saturated rings. The molecular formula is C18H21FN2O3. The topological polar surface area (TPSA) is 55.6 Å². The predicted octanol–water partition coefficient (Wildman–Crippen LogP) is 3.40. The van der Waals surface area contributed by atoms with Gasteiger partial charge in [0, 0.05) is 24.2 Å². The lowest BCUT2D eigenvalue weighted by molar-refractivity contribution is -0.139. The Morgan fingerprint density at radius 1 is 1.38 bits per heavy atom. The maximum Gasteiger partial charge on any atom is 0.248 e. The van der Waals surface area contributed by atoms with Crippen LogP contribution < -0.4 is 0 Å². The number of aromatic nitrogens is 1. The summed E-state index contributed by atoms with van der Waals surface area (Å²) < 4.78 is 23.6. The van der Waals surface area contributed by atoms with Crippen LogP contribution >= 0.6 is 0 Å². The van der Waals surface area contributed by atoms with E-state index in [0.717, 1.165) is 24.9 Å². The van der Waals surface area contributed by atoms with Crippen LogP contribution in [0.15, 0.2) is 34.9 Å². The highest BCUT2D eigenvalue weighted by molar-refractivity contribution is 5.77. The van der Waals surface area contributed by atoms with Gasteiger partial charge in [-0.2, -0.15) is 0 Å². The van der Waals surface area contributed by atoms with Crippen LogP contribution in [0.2, 0.25) is 0 Å². The molecule has 5 nitrogen and oxygen atoms in total. The number of likely N-dealkylation sites (tertiary alicyclic amines) is 1. The largest absolute Gasteiger partial charge is 0.365 e. The zero-order chi connectivity index (χ0) is 16.9. The van der Waals surface area contributed by atoms with Gasteiger partial charge in [0.1, 0.15) is 18.1 Å². The van der Waals surface area contributed by atoms with E-state index in [1.165, 1.54) is 18.6 Å². The van der Waals surface area contributed by atoms with E-state index in [2.05, 4.69) is 12.1 Å². The molecule has 1 aliphatic heterocycles. The van der Waals surface area contributed by atoms with Gasteiger partial charge in [-0.15, -0.1) is 0 Å². The third-order valence-electron chi connectivity index (χ3n) is 4.29. The highest BCUT2D eigenvalue weighted by Crippen LogP contribution is 2.21. The molecule has 1 amide bonds. The second-order valence-electron chi connectivity index (χ2n) is 6.11. The van der Waals surface area contributed by atoms with Gasteiger partial charge in [-0.3, -0.25) is 4.79 Å². The Hall–Kier alpha value is -2.21. The lowest BCUT2D eigenvalue weighted by Crippen LogP contribution is -2.43. The van der Waals surface area contributed by atoms with Crippen LogP contribution in [-0.2, 0) is 16.1 Å². The lowest BCUT2D eigenvalue weighted by Gasteiger charge is -2.33. The first kappa shape index (κ1) is 16.6. The number of amides is 1. The van der Waals surface area contributed by atoms with Crippen molar-refractivity contribution in [1.29, 1.82) is 0 Å². The molecule has 1 aromatic carbocycles. The van der Waals surface area contributed by atoms with Crippen LogP contribution in [0.3, 0.4) is 0 Å². The summed E-state index contributed by atoms with van der Waals surface area (Å²) in [6.45, 7) is 3.13. The molecule has 128 valence electrons. The normalized spacial score (nSPS) is 17.9. The number of piperidine rings is 1. The molecule has 0 N–H and O–H groups in total. The molecule has 1 atom stereocenters. The van der Waals surface area contributed by atoms with Gasteiger partial charge in [0.05, 0.1) is 6.61 Å². The van der Waals surface area contributed by atoms with Crippen LogP contribution in [0, 0.1) is 5.82 Å². The van der Waals surface area contributed by atoms with Crippen molar-refractivity contribution in [3.8, 4) is 11.3 Å². The molecule has 1 unspecified atom stereocenters. The molecule has 0 aliphatic carbocycles. The summed E-state index contributed by atoms with van der Waals surface area (Å²) in [7, 11) is 0. The molecular weight excluding hydrogens is 311 g/mol. The summed E-state index contributed by atoms with van der Waals surface area (Å²) in [6.07, 6.45) is 3.29. The van der Waals surface area contributed by atoms with Gasteiger partial charge in [-0.05, 0) is 50.5 Å². The van der Waals surface area contributed by atoms with E-state index in [9.17, 15) is 9.18 Å². The fourth-order valence-electron chi connectivity index (χ4n) is 2.92. The second kappa shape index (κ2) is 7.57. The van der Waals surface area contributed by atoms with Crippen LogP contribution in [-0.4, -0.2) is 35.2 Å². The average molecular weight is 332 g/mol. The van der Waals surface area contributed by atoms with Gasteiger partial charge in [0.15, 0.2) is 5.76 Å². The number of hydrogen-bond donors (Lipinski definition) is 0. The molecule has 0 radical (unpaired) electrons. The average Bonchev–Trinajstić information content (AvgIpc) is 3.04. The van der Waals surface area contributed by atoms with Gasteiger partial charge in [0.25, 0.3) is 0 Å². The highest BCUT2D eigenvalue weighted by Gasteiger charge is 2.23. The molecule has 1 saturated heterocycles. The van der Waals surface area contributed by atoms with E-state index in [4.69, 9.17) is 9.26 Å². The Labute approximate surface area is 140 Å². The quantitative estimate of drug-likeness (QED) is 0.842. The first-order valence-electron chi connectivity index (χ1n) is 8.22. The van der Waals surface area contributed by atoms with Crippen molar-refractivity contribution in [2.75, 3.05) is 13.2 Å². The van der Waals surface area contributed by atoms with Gasteiger partial charge in [-0.25, -0.2) is 4.39 Å². The van der Waals surface area contributed by atoms with Crippen molar-refractivity contribution in [2.45, 2.75) is 38.8 Å². The molecule has 1 aliphatic rings. The molecule has 2 heterocycles. The highest BCUT2D eigenvalue weighted by atomic mass is 19.1. The SMILES string of the molecule is CC1CCCCN1C(=O)COCc1cc(-c2ccc(F)cc2)on1. The van der Waals surface area contributed by atoms with Crippen LogP contribution in [0.5, 0.6) is 0 Å². The number of hydrogen-bond acceptors (Lipinski definition) is 4. The number of benzene rings is 1. The van der Waals surface area contributed by atoms with E-state index in [-0.39, 0.29) is 31.0 Å². The second-order valence-corrected chi connectivity index (χ2v) is 6.11. The first-order chi connectivity index (χ1) is 11.6. The maximum absolute atomic E-state index is 12.9. The Balaban J connectivity index is 1.50. The van der Waals surface area contributed by atoms with Crippen LogP contribution in [0.1, 0.15) is 31.9 Å². The van der Waals surface area contributed by atoms with E-state index in [1.807, 2.05) is 4.90 Å². The first-order valence-corrected chi connectivity index (χ1v) is 8.22. The van der Waals surface area contributed by atoms with Crippen molar-refractivity contribution >= 4 is 5.91 Å². The van der Waals surface area contributed by atoms with Gasteiger partial charge < -0.3 is 14.2 Å². The smallest absolute Gasteiger partial charge is 0.248 e. The third kappa shape index (κ3) is 4.00. The summed E-state index contributed by atoms with van der Waals surface area (Å²) in [5.41, 5.74) is 1.35.